The number of ether oxygens (including phenoxy) is 3. The molecule has 0 bridgehead atoms. The molecule has 1 heterocycles. The smallest absolute Gasteiger partial charge is 0.340 e. The van der Waals surface area contributed by atoms with Crippen LogP contribution in [0.5, 0.6) is 11.5 Å². The maximum absolute atomic E-state index is 14.1. The van der Waals surface area contributed by atoms with Crippen molar-refractivity contribution in [3.8, 4) is 11.5 Å². The summed E-state index contributed by atoms with van der Waals surface area (Å²) in [5, 5.41) is 3.20. The predicted octanol–water partition coefficient (Wildman–Crippen LogP) is 4.13. The van der Waals surface area contributed by atoms with E-state index in [4.69, 9.17) is 25.8 Å². The van der Waals surface area contributed by atoms with Crippen LogP contribution in [0.4, 0.5) is 10.1 Å². The Bertz CT molecular complexity index is 993. The van der Waals surface area contributed by atoms with Crippen molar-refractivity contribution in [2.45, 2.75) is 19.4 Å². The van der Waals surface area contributed by atoms with Gasteiger partial charge in [0.15, 0.2) is 11.5 Å². The number of esters is 1. The van der Waals surface area contributed by atoms with E-state index >= 15 is 0 Å². The van der Waals surface area contributed by atoms with Crippen LogP contribution in [0.15, 0.2) is 30.3 Å². The zero-order valence-corrected chi connectivity index (χ0v) is 19.0. The molecular formula is C23H26ClFN2O5. The maximum Gasteiger partial charge on any atom is 0.340 e. The SMILES string of the molecule is COC(=O)c1cc(OC)c(OC)cc1NC(=O)C1CCN(Cc2ccc(Cl)cc2F)CC1. The Morgan fingerprint density at radius 3 is 2.34 bits per heavy atom. The molecule has 0 aromatic heterocycles. The molecular weight excluding hydrogens is 439 g/mol. The first-order valence-corrected chi connectivity index (χ1v) is 10.6. The van der Waals surface area contributed by atoms with Gasteiger partial charge in [0.1, 0.15) is 5.82 Å². The van der Waals surface area contributed by atoms with Crippen molar-refractivity contribution < 1.29 is 28.2 Å². The first-order chi connectivity index (χ1) is 15.4. The second-order valence-electron chi connectivity index (χ2n) is 7.52. The molecule has 9 heteroatoms. The summed E-state index contributed by atoms with van der Waals surface area (Å²) in [5.41, 5.74) is 1.05. The second kappa shape index (κ2) is 10.7. The lowest BCUT2D eigenvalue weighted by Crippen LogP contribution is -2.38. The number of piperidine rings is 1. The first kappa shape index (κ1) is 23.8. The van der Waals surface area contributed by atoms with Crippen LogP contribution in [0.1, 0.15) is 28.8 Å². The zero-order valence-electron chi connectivity index (χ0n) is 18.2. The van der Waals surface area contributed by atoms with Gasteiger partial charge in [-0.2, -0.15) is 0 Å². The normalized spacial score (nSPS) is 14.7. The number of amides is 1. The predicted molar refractivity (Wildman–Crippen MR) is 119 cm³/mol. The van der Waals surface area contributed by atoms with Gasteiger partial charge in [0.2, 0.25) is 5.91 Å². The van der Waals surface area contributed by atoms with Crippen LogP contribution in [0.25, 0.3) is 0 Å². The molecule has 0 spiro atoms. The molecule has 1 aliphatic rings. The highest BCUT2D eigenvalue weighted by Gasteiger charge is 2.27. The molecule has 2 aromatic rings. The molecule has 0 radical (unpaired) electrons. The number of nitrogens with one attached hydrogen (secondary N) is 1. The number of rotatable bonds is 7. The highest BCUT2D eigenvalue weighted by molar-refractivity contribution is 6.30. The Hall–Kier alpha value is -2.84. The van der Waals surface area contributed by atoms with Crippen LogP contribution in [0, 0.1) is 11.7 Å². The minimum Gasteiger partial charge on any atom is -0.493 e. The van der Waals surface area contributed by atoms with Gasteiger partial charge in [0, 0.05) is 35.2 Å². The Labute approximate surface area is 191 Å². The zero-order chi connectivity index (χ0) is 23.3. The average molecular weight is 465 g/mol. The summed E-state index contributed by atoms with van der Waals surface area (Å²) in [5.74, 6) is -0.620. The Morgan fingerprint density at radius 2 is 1.75 bits per heavy atom. The number of hydrogen-bond donors (Lipinski definition) is 1. The van der Waals surface area contributed by atoms with E-state index in [1.165, 1.54) is 33.5 Å². The van der Waals surface area contributed by atoms with Gasteiger partial charge in [0.05, 0.1) is 32.6 Å². The van der Waals surface area contributed by atoms with E-state index in [0.717, 1.165) is 0 Å². The molecule has 172 valence electrons. The number of nitrogens with zero attached hydrogens (tertiary/aromatic N) is 1. The molecule has 3 rings (SSSR count). The molecule has 1 fully saturated rings. The third kappa shape index (κ3) is 5.49. The van der Waals surface area contributed by atoms with Gasteiger partial charge in [0.25, 0.3) is 0 Å². The fraction of sp³-hybridized carbons (Fsp3) is 0.391. The quantitative estimate of drug-likeness (QED) is 0.621. The van der Waals surface area contributed by atoms with Crippen molar-refractivity contribution in [1.29, 1.82) is 0 Å². The highest BCUT2D eigenvalue weighted by atomic mass is 35.5. The van der Waals surface area contributed by atoms with Gasteiger partial charge >= 0.3 is 5.97 Å². The van der Waals surface area contributed by atoms with Crippen LogP contribution in [-0.2, 0) is 16.1 Å². The first-order valence-electron chi connectivity index (χ1n) is 10.2. The topological polar surface area (TPSA) is 77.1 Å². The van der Waals surface area contributed by atoms with Crippen molar-refractivity contribution in [2.24, 2.45) is 5.92 Å². The molecule has 0 saturated carbocycles. The van der Waals surface area contributed by atoms with Crippen molar-refractivity contribution >= 4 is 29.2 Å². The molecule has 0 atom stereocenters. The van der Waals surface area contributed by atoms with Crippen LogP contribution in [-0.4, -0.2) is 51.2 Å². The van der Waals surface area contributed by atoms with E-state index in [2.05, 4.69) is 10.2 Å². The molecule has 1 N–H and O–H groups in total. The third-order valence-corrected chi connectivity index (χ3v) is 5.79. The van der Waals surface area contributed by atoms with E-state index in [-0.39, 0.29) is 23.2 Å². The molecule has 32 heavy (non-hydrogen) atoms. The van der Waals surface area contributed by atoms with Gasteiger partial charge in [-0.3, -0.25) is 9.69 Å². The summed E-state index contributed by atoms with van der Waals surface area (Å²) in [7, 11) is 4.20. The largest absolute Gasteiger partial charge is 0.493 e. The third-order valence-electron chi connectivity index (χ3n) is 5.55. The van der Waals surface area contributed by atoms with Crippen molar-refractivity contribution in [1.82, 2.24) is 4.90 Å². The van der Waals surface area contributed by atoms with E-state index < -0.39 is 5.97 Å². The molecule has 0 aliphatic carbocycles. The minimum absolute atomic E-state index is 0.175. The number of anilines is 1. The Balaban J connectivity index is 1.66. The number of hydrogen-bond acceptors (Lipinski definition) is 6. The number of methoxy groups -OCH3 is 3. The van der Waals surface area contributed by atoms with Gasteiger partial charge in [-0.15, -0.1) is 0 Å². The Morgan fingerprint density at radius 1 is 1.09 bits per heavy atom. The molecule has 0 unspecified atom stereocenters. The lowest BCUT2D eigenvalue weighted by atomic mass is 9.95. The summed E-state index contributed by atoms with van der Waals surface area (Å²) in [6, 6.07) is 7.67. The molecule has 1 aliphatic heterocycles. The Kier molecular flexibility index (Phi) is 7.93. The summed E-state index contributed by atoms with van der Waals surface area (Å²) >= 11 is 5.81. The van der Waals surface area contributed by atoms with Crippen LogP contribution in [0.3, 0.4) is 0 Å². The number of likely N-dealkylation sites (tertiary alicyclic amines) is 1. The van der Waals surface area contributed by atoms with E-state index in [1.807, 2.05) is 0 Å². The summed E-state index contributed by atoms with van der Waals surface area (Å²) in [6.45, 7) is 1.76. The molecule has 2 aromatic carbocycles. The van der Waals surface area contributed by atoms with E-state index in [9.17, 15) is 14.0 Å². The molecule has 7 nitrogen and oxygen atoms in total. The fourth-order valence-corrected chi connectivity index (χ4v) is 3.90. The summed E-state index contributed by atoms with van der Waals surface area (Å²) < 4.78 is 29.4. The molecule has 1 amide bonds. The van der Waals surface area contributed by atoms with E-state index in [1.54, 1.807) is 18.2 Å². The van der Waals surface area contributed by atoms with Crippen LogP contribution >= 0.6 is 11.6 Å². The number of benzene rings is 2. The fourth-order valence-electron chi connectivity index (χ4n) is 3.74. The van der Waals surface area contributed by atoms with Gasteiger partial charge in [-0.1, -0.05) is 17.7 Å². The van der Waals surface area contributed by atoms with Crippen LogP contribution in [0.2, 0.25) is 5.02 Å². The lowest BCUT2D eigenvalue weighted by Gasteiger charge is -2.31. The van der Waals surface area contributed by atoms with Crippen molar-refractivity contribution in [2.75, 3.05) is 39.7 Å². The average Bonchev–Trinajstić information content (AvgIpc) is 2.80. The van der Waals surface area contributed by atoms with Crippen LogP contribution < -0.4 is 14.8 Å². The minimum atomic E-state index is -0.596. The van der Waals surface area contributed by atoms with Gasteiger partial charge in [-0.05, 0) is 38.1 Å². The molecule has 1 saturated heterocycles. The van der Waals surface area contributed by atoms with E-state index in [0.29, 0.717) is 60.2 Å². The number of carbonyl (C=O) groups is 2. The maximum atomic E-state index is 14.1. The standard InChI is InChI=1S/C23H26ClFN2O5/c1-30-20-11-17(23(29)32-3)19(12-21(20)31-2)26-22(28)14-6-8-27(9-7-14)13-15-4-5-16(24)10-18(15)25/h4-5,10-12,14H,6-9,13H2,1-3H3,(H,26,28). The summed E-state index contributed by atoms with van der Waals surface area (Å²) in [6.07, 6.45) is 1.23. The van der Waals surface area contributed by atoms with Crippen molar-refractivity contribution in [3.63, 3.8) is 0 Å². The lowest BCUT2D eigenvalue weighted by molar-refractivity contribution is -0.121. The van der Waals surface area contributed by atoms with Gasteiger partial charge < -0.3 is 19.5 Å². The summed E-state index contributed by atoms with van der Waals surface area (Å²) in [4.78, 5) is 27.2. The second-order valence-corrected chi connectivity index (χ2v) is 7.96. The number of halogens is 2. The van der Waals surface area contributed by atoms with Crippen molar-refractivity contribution in [3.05, 3.63) is 52.3 Å². The number of carbonyl (C=O) groups excluding carboxylic acids is 2. The monoisotopic (exact) mass is 464 g/mol. The highest BCUT2D eigenvalue weighted by Crippen LogP contribution is 2.34. The van der Waals surface area contributed by atoms with Gasteiger partial charge in [-0.25, -0.2) is 9.18 Å².